The highest BCUT2D eigenvalue weighted by molar-refractivity contribution is 5.20. The van der Waals surface area contributed by atoms with Gasteiger partial charge in [0.05, 0.1) is 26.4 Å². The number of nitrogens with zero attached hydrogens (tertiary/aromatic N) is 6. The summed E-state index contributed by atoms with van der Waals surface area (Å²) >= 11 is 0. The van der Waals surface area contributed by atoms with Crippen LogP contribution < -0.4 is 0 Å². The fourth-order valence-corrected chi connectivity index (χ4v) is 8.28. The van der Waals surface area contributed by atoms with Crippen LogP contribution in [0.1, 0.15) is 215 Å². The predicted octanol–water partition coefficient (Wildman–Crippen LogP) is 21.6. The Balaban J connectivity index is 0.000000965. The van der Waals surface area contributed by atoms with Crippen molar-refractivity contribution in [3.63, 3.8) is 0 Å². The molecule has 0 bridgehead atoms. The molecule has 1 saturated carbocycles. The van der Waals surface area contributed by atoms with Crippen LogP contribution in [0.15, 0.2) is 133 Å². The summed E-state index contributed by atoms with van der Waals surface area (Å²) in [7, 11) is 0. The van der Waals surface area contributed by atoms with E-state index in [1.165, 1.54) is 97.6 Å². The Labute approximate surface area is 551 Å². The number of rotatable bonds is 0. The molecule has 0 spiro atoms. The Hall–Kier alpha value is -5.78. The maximum Gasteiger partial charge on any atom is 0.154 e. The molecule has 3 fully saturated rings. The smallest absolute Gasteiger partial charge is 0.154 e. The second kappa shape index (κ2) is 51.8. The van der Waals surface area contributed by atoms with Crippen LogP contribution in [0.4, 0.5) is 0 Å². The summed E-state index contributed by atoms with van der Waals surface area (Å²) in [5.74, 6) is 6.73. The van der Waals surface area contributed by atoms with E-state index in [2.05, 4.69) is 186 Å². The molecule has 0 radical (unpaired) electrons. The molecule has 5 aliphatic rings. The lowest BCUT2D eigenvalue weighted by Gasteiger charge is -2.24. The first-order valence-electron chi connectivity index (χ1n) is 33.8. The fraction of sp³-hybridized carbons (Fsp3) is 0.575. The molecule has 10 nitrogen and oxygen atoms in total. The lowest BCUT2D eigenvalue weighted by molar-refractivity contribution is -0.187. The number of benzene rings is 2. The summed E-state index contributed by atoms with van der Waals surface area (Å²) in [5.41, 5.74) is 15.3. The van der Waals surface area contributed by atoms with E-state index in [4.69, 9.17) is 18.9 Å². The summed E-state index contributed by atoms with van der Waals surface area (Å²) in [6.07, 6.45) is 29.7. The number of hydrogen-bond acceptors (Lipinski definition) is 10. The van der Waals surface area contributed by atoms with E-state index in [1.54, 1.807) is 11.1 Å². The Morgan fingerprint density at radius 1 is 0.278 bits per heavy atom. The molecule has 6 heterocycles. The lowest BCUT2D eigenvalue weighted by atomic mass is 9.84. The van der Waals surface area contributed by atoms with Crippen molar-refractivity contribution in [1.82, 2.24) is 29.9 Å². The first-order chi connectivity index (χ1) is 42.7. The zero-order chi connectivity index (χ0) is 67.8. The molecule has 11 rings (SSSR count). The topological polar surface area (TPSA) is 114 Å². The van der Waals surface area contributed by atoms with Crippen LogP contribution in [0, 0.1) is 119 Å². The Morgan fingerprint density at radius 3 is 0.700 bits per heavy atom. The second-order valence-corrected chi connectivity index (χ2v) is 25.8. The molecular weight excluding hydrogens is 1110 g/mol. The largest absolute Gasteiger partial charge is 0.353 e. The zero-order valence-electron chi connectivity index (χ0n) is 61.4. The molecule has 2 unspecified atom stereocenters. The molecule has 3 aliphatic carbocycles. The van der Waals surface area contributed by atoms with Gasteiger partial charge in [0.25, 0.3) is 0 Å². The quantitative estimate of drug-likeness (QED) is 0.136. The van der Waals surface area contributed by atoms with Crippen LogP contribution in [0.2, 0.25) is 0 Å². The van der Waals surface area contributed by atoms with Crippen molar-refractivity contribution in [1.29, 1.82) is 0 Å². The van der Waals surface area contributed by atoms with E-state index in [-0.39, 0.29) is 12.6 Å². The van der Waals surface area contributed by atoms with Gasteiger partial charge < -0.3 is 18.9 Å². The average Bonchev–Trinajstić information content (AvgIpc) is 3.53. The van der Waals surface area contributed by atoms with Gasteiger partial charge in [-0.25, -0.2) is 19.9 Å². The first kappa shape index (κ1) is 84.2. The van der Waals surface area contributed by atoms with Crippen molar-refractivity contribution in [2.45, 2.75) is 243 Å². The molecule has 6 aromatic rings. The summed E-state index contributed by atoms with van der Waals surface area (Å²) in [6, 6.07) is 25.1. The van der Waals surface area contributed by atoms with Crippen molar-refractivity contribution < 1.29 is 18.9 Å². The highest BCUT2D eigenvalue weighted by atomic mass is 16.7. The van der Waals surface area contributed by atoms with Crippen molar-refractivity contribution in [2.75, 3.05) is 26.4 Å². The van der Waals surface area contributed by atoms with Crippen LogP contribution in [0.3, 0.4) is 0 Å². The van der Waals surface area contributed by atoms with Crippen LogP contribution in [0.5, 0.6) is 0 Å². The molecule has 0 N–H and O–H groups in total. The van der Waals surface area contributed by atoms with Gasteiger partial charge in [-0.05, 0) is 207 Å². The van der Waals surface area contributed by atoms with Crippen LogP contribution in [-0.2, 0) is 18.9 Å². The number of aryl methyl sites for hydroxylation is 12. The summed E-state index contributed by atoms with van der Waals surface area (Å²) in [4.78, 5) is 24.0. The number of ether oxygens (including phenoxy) is 4. The molecule has 90 heavy (non-hydrogen) atoms. The van der Waals surface area contributed by atoms with E-state index >= 15 is 0 Å². The third-order valence-corrected chi connectivity index (χ3v) is 14.9. The Kier molecular flexibility index (Phi) is 48.5. The van der Waals surface area contributed by atoms with E-state index in [0.29, 0.717) is 11.8 Å². The van der Waals surface area contributed by atoms with Gasteiger partial charge >= 0.3 is 0 Å². The van der Waals surface area contributed by atoms with E-state index < -0.39 is 0 Å². The third-order valence-electron chi connectivity index (χ3n) is 14.9. The molecule has 2 aliphatic heterocycles. The average molecular weight is 1240 g/mol. The number of hydrogen-bond donors (Lipinski definition) is 0. The van der Waals surface area contributed by atoms with Gasteiger partial charge in [-0.2, -0.15) is 0 Å². The summed E-state index contributed by atoms with van der Waals surface area (Å²) < 4.78 is 20.7. The predicted molar refractivity (Wildman–Crippen MR) is 385 cm³/mol. The highest BCUT2D eigenvalue weighted by Crippen LogP contribution is 2.27. The third kappa shape index (κ3) is 49.9. The van der Waals surface area contributed by atoms with Crippen LogP contribution >= 0.6 is 0 Å². The maximum absolute atomic E-state index is 5.17. The van der Waals surface area contributed by atoms with Gasteiger partial charge in [0.2, 0.25) is 0 Å². The van der Waals surface area contributed by atoms with Crippen molar-refractivity contribution in [3.8, 4) is 0 Å². The molecule has 0 amide bonds. The number of pyridine rings is 2. The molecular formula is C80H128N6O4. The zero-order valence-corrected chi connectivity index (χ0v) is 61.4. The summed E-state index contributed by atoms with van der Waals surface area (Å²) in [5, 5.41) is 0. The molecule has 2 atom stereocenters. The van der Waals surface area contributed by atoms with Gasteiger partial charge in [0.15, 0.2) is 12.6 Å². The van der Waals surface area contributed by atoms with Gasteiger partial charge in [0, 0.05) is 60.4 Å². The lowest BCUT2D eigenvalue weighted by Crippen LogP contribution is -2.27. The monoisotopic (exact) mass is 1240 g/mol. The van der Waals surface area contributed by atoms with E-state index in [9.17, 15) is 0 Å². The fourth-order valence-electron chi connectivity index (χ4n) is 8.28. The van der Waals surface area contributed by atoms with Crippen molar-refractivity contribution in [3.05, 3.63) is 201 Å². The minimum absolute atomic E-state index is 0.0196. The minimum atomic E-state index is 0.0196. The second-order valence-electron chi connectivity index (χ2n) is 25.8. The Bertz CT molecular complexity index is 2100. The number of allylic oxidation sites excluding steroid dienone is 4. The van der Waals surface area contributed by atoms with Crippen molar-refractivity contribution >= 4 is 0 Å². The standard InChI is InChI=1S/C8H16.2C8H14.2C8H10.2C7H9N.2C6H8N2.2C6H12O2.C2H6/c5*1-7-3-5-8(2)6-4-7;2*1-6-3-4-7(2)8-5-6;4*1-5-3-7-6(2)8-4-5;1-2/h7-8H,3-6H2,1-2H3;2*3,8H,4-6H2,1-2H3;2*3-6H,1-2H3;2*3-5H,1-2H3;2*3-4H,1-2H3;2*5-6H,3-4H2,1-2H3;1-2H3. The SMILES string of the molecule is CC.CC1=CCC(C)CC1.CC1=CCC(C)CC1.CC1CCC(C)CC1.CC1COC(C)OC1.CC1COC(C)OC1.Cc1ccc(C)cc1.Cc1ccc(C)cc1.Cc1ccc(C)nc1.Cc1ccc(C)nc1.Cc1cnc(C)nc1.Cc1cnc(C)nc1. The maximum atomic E-state index is 5.17. The van der Waals surface area contributed by atoms with Crippen LogP contribution in [-0.4, -0.2) is 68.9 Å². The molecule has 502 valence electrons. The van der Waals surface area contributed by atoms with Crippen LogP contribution in [0.25, 0.3) is 0 Å². The van der Waals surface area contributed by atoms with Gasteiger partial charge in [-0.3, -0.25) is 9.97 Å². The van der Waals surface area contributed by atoms with Gasteiger partial charge in [-0.15, -0.1) is 0 Å². The normalized spacial score (nSPS) is 20.9. The molecule has 2 aromatic carbocycles. The van der Waals surface area contributed by atoms with E-state index in [0.717, 1.165) is 84.3 Å². The number of aromatic nitrogens is 6. The van der Waals surface area contributed by atoms with Gasteiger partial charge in [0.1, 0.15) is 11.6 Å². The minimum Gasteiger partial charge on any atom is -0.353 e. The first-order valence-corrected chi connectivity index (χ1v) is 33.8. The van der Waals surface area contributed by atoms with Gasteiger partial charge in [-0.1, -0.05) is 187 Å². The van der Waals surface area contributed by atoms with Crippen molar-refractivity contribution in [2.24, 2.45) is 35.5 Å². The summed E-state index contributed by atoms with van der Waals surface area (Å²) in [6.45, 7) is 53.4. The Morgan fingerprint density at radius 2 is 0.522 bits per heavy atom. The molecule has 4 aromatic heterocycles. The molecule has 2 saturated heterocycles. The van der Waals surface area contributed by atoms with E-state index in [1.807, 2.05) is 132 Å². The highest BCUT2D eigenvalue weighted by Gasteiger charge is 2.15. The molecule has 10 heteroatoms.